The zero-order valence-electron chi connectivity index (χ0n) is 16.2. The van der Waals surface area contributed by atoms with Crippen molar-refractivity contribution in [3.8, 4) is 0 Å². The second-order valence-electron chi connectivity index (χ2n) is 8.27. The highest BCUT2D eigenvalue weighted by atomic mass is 16.7. The molecule has 138 valence electrons. The molecular weight excluding hydrogens is 332 g/mol. The van der Waals surface area contributed by atoms with E-state index in [1.165, 1.54) is 27.7 Å². The summed E-state index contributed by atoms with van der Waals surface area (Å²) >= 11 is 0. The van der Waals surface area contributed by atoms with Gasteiger partial charge in [-0.05, 0) is 36.6 Å². The van der Waals surface area contributed by atoms with Crippen LogP contribution in [0.2, 0.25) is 0 Å². The predicted octanol–water partition coefficient (Wildman–Crippen LogP) is 5.45. The zero-order chi connectivity index (χ0) is 18.6. The molecule has 2 aromatic carbocycles. The minimum Gasteiger partial charge on any atom is -0.347 e. The second-order valence-corrected chi connectivity index (χ2v) is 8.27. The molecule has 0 N–H and O–H groups in total. The first-order valence-electron chi connectivity index (χ1n) is 9.89. The summed E-state index contributed by atoms with van der Waals surface area (Å²) in [6.45, 7) is 7.82. The Morgan fingerprint density at radius 1 is 1.11 bits per heavy atom. The molecule has 3 heterocycles. The summed E-state index contributed by atoms with van der Waals surface area (Å²) in [6.07, 6.45) is 7.87. The maximum atomic E-state index is 6.43. The maximum Gasteiger partial charge on any atom is 0.111 e. The third kappa shape index (κ3) is 2.45. The van der Waals surface area contributed by atoms with Crippen molar-refractivity contribution in [3.05, 3.63) is 71.9 Å². The van der Waals surface area contributed by atoms with E-state index in [0.29, 0.717) is 6.04 Å². The third-order valence-corrected chi connectivity index (χ3v) is 6.36. The highest BCUT2D eigenvalue weighted by Crippen LogP contribution is 2.48. The lowest BCUT2D eigenvalue weighted by Gasteiger charge is -2.26. The van der Waals surface area contributed by atoms with Crippen LogP contribution < -0.4 is 5.06 Å². The standard InChI is InChI=1S/C24H26N2O/c1-4-25-16-18(19-10-6-8-12-21(19)25)13-14-23-24(2,3)22-15-17-9-5-7-11-20(17)26(22)27-23/h5-14,16,22-23H,4,15H2,1-3H3. The number of hydrogen-bond donors (Lipinski definition) is 0. The van der Waals surface area contributed by atoms with E-state index in [1.54, 1.807) is 0 Å². The molecule has 0 aliphatic carbocycles. The Morgan fingerprint density at radius 3 is 2.74 bits per heavy atom. The Kier molecular flexibility index (Phi) is 3.70. The van der Waals surface area contributed by atoms with E-state index in [2.05, 4.69) is 97.3 Å². The number of fused-ring (bicyclic) bond motifs is 4. The molecule has 2 aliphatic heterocycles. The van der Waals surface area contributed by atoms with Crippen LogP contribution in [0.1, 0.15) is 31.9 Å². The molecule has 0 radical (unpaired) electrons. The molecule has 0 bridgehead atoms. The van der Waals surface area contributed by atoms with Gasteiger partial charge in [-0.15, -0.1) is 0 Å². The van der Waals surface area contributed by atoms with Crippen LogP contribution in [-0.2, 0) is 17.8 Å². The van der Waals surface area contributed by atoms with Gasteiger partial charge in [-0.25, -0.2) is 5.06 Å². The van der Waals surface area contributed by atoms with Crippen molar-refractivity contribution in [2.75, 3.05) is 5.06 Å². The summed E-state index contributed by atoms with van der Waals surface area (Å²) in [5, 5.41) is 3.46. The molecule has 1 saturated heterocycles. The van der Waals surface area contributed by atoms with Crippen molar-refractivity contribution < 1.29 is 4.84 Å². The number of aromatic nitrogens is 1. The summed E-state index contributed by atoms with van der Waals surface area (Å²) < 4.78 is 2.31. The summed E-state index contributed by atoms with van der Waals surface area (Å²) in [6, 6.07) is 17.6. The van der Waals surface area contributed by atoms with Crippen molar-refractivity contribution in [1.82, 2.24) is 4.57 Å². The number of aryl methyl sites for hydroxylation is 1. The van der Waals surface area contributed by atoms with E-state index >= 15 is 0 Å². The molecule has 3 aromatic rings. The first kappa shape index (κ1) is 16.6. The molecule has 0 spiro atoms. The molecule has 0 saturated carbocycles. The third-order valence-electron chi connectivity index (χ3n) is 6.36. The van der Waals surface area contributed by atoms with Crippen molar-refractivity contribution in [3.63, 3.8) is 0 Å². The Bertz CT molecular complexity index is 1030. The minimum atomic E-state index is 0.0542. The van der Waals surface area contributed by atoms with Gasteiger partial charge in [0.05, 0.1) is 11.7 Å². The summed E-state index contributed by atoms with van der Waals surface area (Å²) in [5.41, 5.74) is 5.23. The van der Waals surface area contributed by atoms with Crippen LogP contribution in [0, 0.1) is 5.41 Å². The van der Waals surface area contributed by atoms with E-state index in [9.17, 15) is 0 Å². The Hall–Kier alpha value is -2.52. The topological polar surface area (TPSA) is 17.4 Å². The molecule has 1 aromatic heterocycles. The fourth-order valence-electron chi connectivity index (χ4n) is 4.64. The van der Waals surface area contributed by atoms with Gasteiger partial charge in [-0.3, -0.25) is 4.84 Å². The average molecular weight is 358 g/mol. The quantitative estimate of drug-likeness (QED) is 0.620. The van der Waals surface area contributed by atoms with Crippen LogP contribution >= 0.6 is 0 Å². The number of hydrogen-bond acceptors (Lipinski definition) is 2. The van der Waals surface area contributed by atoms with Gasteiger partial charge in [0.25, 0.3) is 0 Å². The molecule has 0 amide bonds. The molecule has 1 fully saturated rings. The van der Waals surface area contributed by atoms with Crippen LogP contribution in [0.4, 0.5) is 5.69 Å². The van der Waals surface area contributed by atoms with Gasteiger partial charge >= 0.3 is 0 Å². The zero-order valence-corrected chi connectivity index (χ0v) is 16.2. The molecule has 5 rings (SSSR count). The van der Waals surface area contributed by atoms with Gasteiger partial charge in [0, 0.05) is 29.1 Å². The van der Waals surface area contributed by atoms with E-state index in [0.717, 1.165) is 13.0 Å². The molecular formula is C24H26N2O. The van der Waals surface area contributed by atoms with Crippen molar-refractivity contribution in [2.45, 2.75) is 45.9 Å². The Balaban J connectivity index is 1.47. The van der Waals surface area contributed by atoms with Crippen molar-refractivity contribution >= 4 is 22.7 Å². The van der Waals surface area contributed by atoms with E-state index in [4.69, 9.17) is 4.84 Å². The van der Waals surface area contributed by atoms with Gasteiger partial charge in [0.1, 0.15) is 6.10 Å². The fourth-order valence-corrected chi connectivity index (χ4v) is 4.64. The van der Waals surface area contributed by atoms with Crippen LogP contribution in [0.25, 0.3) is 17.0 Å². The fraction of sp³-hybridized carbons (Fsp3) is 0.333. The number of nitrogens with zero attached hydrogens (tertiary/aromatic N) is 2. The first-order chi connectivity index (χ1) is 13.1. The number of anilines is 1. The van der Waals surface area contributed by atoms with E-state index < -0.39 is 0 Å². The molecule has 27 heavy (non-hydrogen) atoms. The normalized spacial score (nSPS) is 23.3. The Morgan fingerprint density at radius 2 is 1.89 bits per heavy atom. The van der Waals surface area contributed by atoms with Crippen molar-refractivity contribution in [2.24, 2.45) is 5.41 Å². The lowest BCUT2D eigenvalue weighted by atomic mass is 9.78. The smallest absolute Gasteiger partial charge is 0.111 e. The monoisotopic (exact) mass is 358 g/mol. The molecule has 3 nitrogen and oxygen atoms in total. The van der Waals surface area contributed by atoms with E-state index in [-0.39, 0.29) is 11.5 Å². The first-order valence-corrected chi connectivity index (χ1v) is 9.89. The van der Waals surface area contributed by atoms with Gasteiger partial charge in [-0.1, -0.05) is 62.4 Å². The largest absolute Gasteiger partial charge is 0.347 e. The summed E-state index contributed by atoms with van der Waals surface area (Å²) in [4.78, 5) is 6.43. The van der Waals surface area contributed by atoms with Crippen LogP contribution in [-0.4, -0.2) is 16.7 Å². The highest BCUT2D eigenvalue weighted by Gasteiger charge is 2.52. The van der Waals surface area contributed by atoms with Crippen LogP contribution in [0.5, 0.6) is 0 Å². The number of hydroxylamine groups is 1. The van der Waals surface area contributed by atoms with E-state index in [1.807, 2.05) is 0 Å². The van der Waals surface area contributed by atoms with Gasteiger partial charge < -0.3 is 4.57 Å². The molecule has 3 heteroatoms. The van der Waals surface area contributed by atoms with Crippen molar-refractivity contribution in [1.29, 1.82) is 0 Å². The molecule has 2 aliphatic rings. The predicted molar refractivity (Wildman–Crippen MR) is 112 cm³/mol. The van der Waals surface area contributed by atoms with Crippen LogP contribution in [0.15, 0.2) is 60.8 Å². The van der Waals surface area contributed by atoms with Crippen LogP contribution in [0.3, 0.4) is 0 Å². The Labute approximate surface area is 160 Å². The maximum absolute atomic E-state index is 6.43. The minimum absolute atomic E-state index is 0.0542. The summed E-state index contributed by atoms with van der Waals surface area (Å²) in [7, 11) is 0. The number of rotatable bonds is 3. The van der Waals surface area contributed by atoms with Gasteiger partial charge in [0.15, 0.2) is 0 Å². The molecule has 2 unspecified atom stereocenters. The lowest BCUT2D eigenvalue weighted by Crippen LogP contribution is -2.36. The second kappa shape index (κ2) is 6.00. The van der Waals surface area contributed by atoms with Gasteiger partial charge in [-0.2, -0.15) is 0 Å². The lowest BCUT2D eigenvalue weighted by molar-refractivity contribution is 0.0849. The SMILES string of the molecule is CCn1cc(C=CC2ON3c4ccccc4CC3C2(C)C)c2ccccc21. The number of para-hydroxylation sites is 2. The summed E-state index contributed by atoms with van der Waals surface area (Å²) in [5.74, 6) is 0. The molecule has 2 atom stereocenters. The van der Waals surface area contributed by atoms with Gasteiger partial charge in [0.2, 0.25) is 0 Å². The number of benzene rings is 2. The highest BCUT2D eigenvalue weighted by molar-refractivity contribution is 5.89. The average Bonchev–Trinajstić information content (AvgIpc) is 3.30.